The second-order valence-electron chi connectivity index (χ2n) is 4.91. The minimum Gasteiger partial charge on any atom is -0.207 e. The van der Waals surface area contributed by atoms with E-state index in [1.165, 1.54) is 5.56 Å². The average molecular weight is 277 g/mol. The van der Waals surface area contributed by atoms with Crippen molar-refractivity contribution in [1.29, 1.82) is 0 Å². The molecule has 0 saturated heterocycles. The number of sulfonamides is 1. The van der Waals surface area contributed by atoms with Crippen molar-refractivity contribution in [3.05, 3.63) is 29.3 Å². The topological polar surface area (TPSA) is 46.2 Å². The number of rotatable bonds is 5. The van der Waals surface area contributed by atoms with Crippen molar-refractivity contribution in [3.8, 4) is 12.3 Å². The van der Waals surface area contributed by atoms with Crippen LogP contribution < -0.4 is 4.72 Å². The predicted molar refractivity (Wildman–Crippen MR) is 76.3 cm³/mol. The van der Waals surface area contributed by atoms with Gasteiger partial charge in [-0.1, -0.05) is 25.3 Å². The fourth-order valence-corrected chi connectivity index (χ4v) is 3.68. The second kappa shape index (κ2) is 5.77. The van der Waals surface area contributed by atoms with E-state index >= 15 is 0 Å². The van der Waals surface area contributed by atoms with Gasteiger partial charge in [0.1, 0.15) is 0 Å². The summed E-state index contributed by atoms with van der Waals surface area (Å²) >= 11 is 0. The zero-order chi connectivity index (χ0) is 13.9. The van der Waals surface area contributed by atoms with Crippen molar-refractivity contribution in [2.45, 2.75) is 50.0 Å². The van der Waals surface area contributed by atoms with Gasteiger partial charge in [0.25, 0.3) is 0 Å². The van der Waals surface area contributed by atoms with Gasteiger partial charge >= 0.3 is 0 Å². The molecule has 0 heterocycles. The molecule has 102 valence electrons. The van der Waals surface area contributed by atoms with Crippen LogP contribution in [0.25, 0.3) is 0 Å². The number of hydrogen-bond donors (Lipinski definition) is 1. The average Bonchev–Trinajstić information content (AvgIpc) is 2.85. The van der Waals surface area contributed by atoms with Gasteiger partial charge in [-0.3, -0.25) is 0 Å². The van der Waals surface area contributed by atoms with Gasteiger partial charge in [0.05, 0.1) is 10.9 Å². The standard InChI is InChI=1S/C15H19NO2S/c1-3-6-14(4-2)16-19(17,18)15-10-9-12-7-5-8-13(12)11-15/h2,9-11,14,16H,3,5-8H2,1H3. The number of benzene rings is 1. The molecular weight excluding hydrogens is 258 g/mol. The smallest absolute Gasteiger partial charge is 0.207 e. The van der Waals surface area contributed by atoms with E-state index in [1.807, 2.05) is 13.0 Å². The lowest BCUT2D eigenvalue weighted by molar-refractivity contribution is 0.564. The molecule has 1 atom stereocenters. The first-order valence-electron chi connectivity index (χ1n) is 6.67. The Morgan fingerprint density at radius 1 is 1.37 bits per heavy atom. The Labute approximate surface area is 115 Å². The minimum absolute atomic E-state index is 0.324. The van der Waals surface area contributed by atoms with Gasteiger partial charge < -0.3 is 0 Å². The fourth-order valence-electron chi connectivity index (χ4n) is 2.44. The van der Waals surface area contributed by atoms with Crippen molar-refractivity contribution in [3.63, 3.8) is 0 Å². The van der Waals surface area contributed by atoms with Crippen LogP contribution in [-0.2, 0) is 22.9 Å². The van der Waals surface area contributed by atoms with Crippen molar-refractivity contribution >= 4 is 10.0 Å². The summed E-state index contributed by atoms with van der Waals surface area (Å²) < 4.78 is 27.1. The third kappa shape index (κ3) is 3.17. The number of terminal acetylenes is 1. The Morgan fingerprint density at radius 3 is 2.79 bits per heavy atom. The number of fused-ring (bicyclic) bond motifs is 1. The van der Waals surface area contributed by atoms with E-state index in [0.717, 1.165) is 31.2 Å². The van der Waals surface area contributed by atoms with Crippen molar-refractivity contribution in [1.82, 2.24) is 4.72 Å². The van der Waals surface area contributed by atoms with E-state index < -0.39 is 16.1 Å². The van der Waals surface area contributed by atoms with Crippen LogP contribution in [0.2, 0.25) is 0 Å². The molecule has 3 nitrogen and oxygen atoms in total. The molecular formula is C15H19NO2S. The molecule has 0 fully saturated rings. The molecule has 1 aromatic rings. The quantitative estimate of drug-likeness (QED) is 0.839. The zero-order valence-corrected chi connectivity index (χ0v) is 12.0. The summed E-state index contributed by atoms with van der Waals surface area (Å²) in [6, 6.07) is 4.95. The molecule has 0 aromatic heterocycles. The molecule has 1 aliphatic rings. The van der Waals surface area contributed by atoms with E-state index in [1.54, 1.807) is 12.1 Å². The molecule has 0 aliphatic heterocycles. The molecule has 1 aliphatic carbocycles. The Bertz CT molecular complexity index is 599. The van der Waals surface area contributed by atoms with Crippen LogP contribution in [0, 0.1) is 12.3 Å². The predicted octanol–water partition coefficient (Wildman–Crippen LogP) is 2.26. The summed E-state index contributed by atoms with van der Waals surface area (Å²) in [7, 11) is -3.51. The highest BCUT2D eigenvalue weighted by Crippen LogP contribution is 2.24. The van der Waals surface area contributed by atoms with Gasteiger partial charge in [-0.2, -0.15) is 4.72 Å². The molecule has 1 unspecified atom stereocenters. The van der Waals surface area contributed by atoms with Gasteiger partial charge in [-0.15, -0.1) is 6.42 Å². The molecule has 1 aromatic carbocycles. The van der Waals surface area contributed by atoms with Gasteiger partial charge in [0.15, 0.2) is 0 Å². The van der Waals surface area contributed by atoms with E-state index in [0.29, 0.717) is 11.3 Å². The van der Waals surface area contributed by atoms with Crippen LogP contribution in [0.1, 0.15) is 37.3 Å². The normalized spacial score (nSPS) is 15.8. The summed E-state index contributed by atoms with van der Waals surface area (Å²) in [6.45, 7) is 1.98. The molecule has 2 rings (SSSR count). The fraction of sp³-hybridized carbons (Fsp3) is 0.467. The molecule has 0 bridgehead atoms. The van der Waals surface area contributed by atoms with E-state index in [9.17, 15) is 8.42 Å². The Balaban J connectivity index is 2.22. The van der Waals surface area contributed by atoms with Crippen molar-refractivity contribution in [2.24, 2.45) is 0 Å². The second-order valence-corrected chi connectivity index (χ2v) is 6.63. The molecule has 4 heteroatoms. The van der Waals surface area contributed by atoms with E-state index in [4.69, 9.17) is 6.42 Å². The third-order valence-corrected chi connectivity index (χ3v) is 4.93. The molecule has 0 saturated carbocycles. The molecule has 0 amide bonds. The van der Waals surface area contributed by atoms with E-state index in [-0.39, 0.29) is 0 Å². The Kier molecular flexibility index (Phi) is 4.28. The molecule has 0 spiro atoms. The lowest BCUT2D eigenvalue weighted by atomic mass is 10.1. The summed E-state index contributed by atoms with van der Waals surface area (Å²) in [5, 5.41) is 0. The maximum absolute atomic E-state index is 12.3. The third-order valence-electron chi connectivity index (χ3n) is 3.46. The monoisotopic (exact) mass is 277 g/mol. The number of aryl methyl sites for hydroxylation is 2. The van der Waals surface area contributed by atoms with Gasteiger partial charge in [-0.25, -0.2) is 8.42 Å². The highest BCUT2D eigenvalue weighted by Gasteiger charge is 2.20. The van der Waals surface area contributed by atoms with Crippen molar-refractivity contribution < 1.29 is 8.42 Å². The van der Waals surface area contributed by atoms with Crippen LogP contribution in [0.5, 0.6) is 0 Å². The Morgan fingerprint density at radius 2 is 2.11 bits per heavy atom. The largest absolute Gasteiger partial charge is 0.241 e. The first kappa shape index (κ1) is 14.1. The van der Waals surface area contributed by atoms with Crippen LogP contribution in [0.15, 0.2) is 23.1 Å². The maximum Gasteiger partial charge on any atom is 0.241 e. The minimum atomic E-state index is -3.51. The molecule has 0 radical (unpaired) electrons. The SMILES string of the molecule is C#CC(CCC)NS(=O)(=O)c1ccc2c(c1)CCC2. The maximum atomic E-state index is 12.3. The summed E-state index contributed by atoms with van der Waals surface area (Å²) in [4.78, 5) is 0.324. The van der Waals surface area contributed by atoms with Crippen molar-refractivity contribution in [2.75, 3.05) is 0 Å². The van der Waals surface area contributed by atoms with Crippen LogP contribution >= 0.6 is 0 Å². The number of nitrogens with one attached hydrogen (secondary N) is 1. The lowest BCUT2D eigenvalue weighted by Gasteiger charge is -2.13. The van der Waals surface area contributed by atoms with E-state index in [2.05, 4.69) is 10.6 Å². The highest BCUT2D eigenvalue weighted by atomic mass is 32.2. The van der Waals surface area contributed by atoms with Crippen LogP contribution in [0.3, 0.4) is 0 Å². The number of hydrogen-bond acceptors (Lipinski definition) is 2. The summed E-state index contributed by atoms with van der Waals surface area (Å²) in [5.41, 5.74) is 2.41. The molecule has 19 heavy (non-hydrogen) atoms. The molecule has 1 N–H and O–H groups in total. The Hall–Kier alpha value is -1.31. The van der Waals surface area contributed by atoms with Gasteiger partial charge in [0.2, 0.25) is 10.0 Å². The van der Waals surface area contributed by atoms with Crippen LogP contribution in [0.4, 0.5) is 0 Å². The lowest BCUT2D eigenvalue weighted by Crippen LogP contribution is -2.33. The van der Waals surface area contributed by atoms with Gasteiger partial charge in [-0.05, 0) is 48.9 Å². The van der Waals surface area contributed by atoms with Crippen LogP contribution in [-0.4, -0.2) is 14.5 Å². The summed E-state index contributed by atoms with van der Waals surface area (Å²) in [5.74, 6) is 2.49. The van der Waals surface area contributed by atoms with Gasteiger partial charge in [0, 0.05) is 0 Å². The highest BCUT2D eigenvalue weighted by molar-refractivity contribution is 7.89. The first-order valence-corrected chi connectivity index (χ1v) is 8.15. The first-order chi connectivity index (χ1) is 9.06. The zero-order valence-electron chi connectivity index (χ0n) is 11.1. The summed E-state index contributed by atoms with van der Waals surface area (Å²) in [6.07, 6.45) is 9.98.